The highest BCUT2D eigenvalue weighted by Crippen LogP contribution is 2.35. The van der Waals surface area contributed by atoms with Gasteiger partial charge in [0.1, 0.15) is 23.9 Å². The average molecular weight is 393 g/mol. The fourth-order valence-corrected chi connectivity index (χ4v) is 3.15. The van der Waals surface area contributed by atoms with Crippen molar-refractivity contribution in [2.75, 3.05) is 7.11 Å². The van der Waals surface area contributed by atoms with E-state index in [4.69, 9.17) is 25.8 Å². The fraction of sp³-hybridized carbons (Fsp3) is 0.0870. The Bertz CT molecular complexity index is 1070. The Morgan fingerprint density at radius 1 is 1.00 bits per heavy atom. The Morgan fingerprint density at radius 3 is 2.68 bits per heavy atom. The number of halogens is 1. The first-order chi connectivity index (χ1) is 13.6. The Kier molecular flexibility index (Phi) is 5.04. The lowest BCUT2D eigenvalue weighted by Crippen LogP contribution is -1.98. The van der Waals surface area contributed by atoms with E-state index in [0.29, 0.717) is 34.4 Å². The van der Waals surface area contributed by atoms with Crippen LogP contribution in [-0.2, 0) is 6.61 Å². The standard InChI is InChI=1S/C23H17ClO4/c1-26-18-7-3-4-15(11-18)12-22-23(25)20-9-8-19(13-21(20)28-22)27-14-16-5-2-6-17(24)10-16/h2-13H,14H2,1H3. The highest BCUT2D eigenvalue weighted by Gasteiger charge is 2.27. The average Bonchev–Trinajstić information content (AvgIpc) is 3.01. The predicted molar refractivity (Wildman–Crippen MR) is 108 cm³/mol. The van der Waals surface area contributed by atoms with Crippen LogP contribution in [0.1, 0.15) is 21.5 Å². The van der Waals surface area contributed by atoms with Gasteiger partial charge in [-0.15, -0.1) is 0 Å². The zero-order valence-corrected chi connectivity index (χ0v) is 15.9. The summed E-state index contributed by atoms with van der Waals surface area (Å²) in [5.74, 6) is 1.94. The summed E-state index contributed by atoms with van der Waals surface area (Å²) < 4.78 is 16.8. The normalized spacial score (nSPS) is 13.9. The van der Waals surface area contributed by atoms with E-state index >= 15 is 0 Å². The first-order valence-electron chi connectivity index (χ1n) is 8.72. The fourth-order valence-electron chi connectivity index (χ4n) is 2.93. The molecule has 1 aliphatic heterocycles. The van der Waals surface area contributed by atoms with E-state index in [1.807, 2.05) is 48.5 Å². The van der Waals surface area contributed by atoms with Crippen LogP contribution in [0.3, 0.4) is 0 Å². The van der Waals surface area contributed by atoms with Crippen LogP contribution in [0.25, 0.3) is 6.08 Å². The maximum atomic E-state index is 12.6. The van der Waals surface area contributed by atoms with Crippen LogP contribution in [0.15, 0.2) is 72.5 Å². The minimum atomic E-state index is -0.154. The molecule has 0 aliphatic carbocycles. The van der Waals surface area contributed by atoms with Crippen molar-refractivity contribution >= 4 is 23.5 Å². The number of allylic oxidation sites excluding steroid dienone is 1. The van der Waals surface area contributed by atoms with Crippen molar-refractivity contribution in [3.8, 4) is 17.2 Å². The lowest BCUT2D eigenvalue weighted by molar-refractivity contribution is 0.101. The number of carbonyl (C=O) groups excluding carboxylic acids is 1. The van der Waals surface area contributed by atoms with Gasteiger partial charge in [-0.25, -0.2) is 0 Å². The predicted octanol–water partition coefficient (Wildman–Crippen LogP) is 5.54. The summed E-state index contributed by atoms with van der Waals surface area (Å²) in [6, 6.07) is 20.1. The topological polar surface area (TPSA) is 44.8 Å². The second-order valence-electron chi connectivity index (χ2n) is 6.29. The van der Waals surface area contributed by atoms with Crippen LogP contribution >= 0.6 is 11.6 Å². The van der Waals surface area contributed by atoms with Crippen molar-refractivity contribution in [1.82, 2.24) is 0 Å². The van der Waals surface area contributed by atoms with Crippen molar-refractivity contribution in [2.45, 2.75) is 6.61 Å². The molecule has 5 heteroatoms. The van der Waals surface area contributed by atoms with E-state index in [-0.39, 0.29) is 11.5 Å². The third kappa shape index (κ3) is 3.87. The van der Waals surface area contributed by atoms with Gasteiger partial charge < -0.3 is 14.2 Å². The first kappa shape index (κ1) is 18.1. The number of rotatable bonds is 5. The Labute approximate surface area is 167 Å². The zero-order valence-electron chi connectivity index (χ0n) is 15.1. The molecule has 4 nitrogen and oxygen atoms in total. The second kappa shape index (κ2) is 7.79. The first-order valence-corrected chi connectivity index (χ1v) is 9.10. The number of carbonyl (C=O) groups is 1. The van der Waals surface area contributed by atoms with Gasteiger partial charge in [0.05, 0.1) is 12.7 Å². The highest BCUT2D eigenvalue weighted by molar-refractivity contribution is 6.30. The minimum Gasteiger partial charge on any atom is -0.497 e. The van der Waals surface area contributed by atoms with Gasteiger partial charge in [-0.1, -0.05) is 35.9 Å². The van der Waals surface area contributed by atoms with Crippen LogP contribution in [0.4, 0.5) is 0 Å². The van der Waals surface area contributed by atoms with Crippen LogP contribution in [0, 0.1) is 0 Å². The number of methoxy groups -OCH3 is 1. The molecule has 3 aromatic rings. The van der Waals surface area contributed by atoms with E-state index in [2.05, 4.69) is 0 Å². The monoisotopic (exact) mass is 392 g/mol. The lowest BCUT2D eigenvalue weighted by atomic mass is 10.1. The molecule has 0 bridgehead atoms. The maximum absolute atomic E-state index is 12.6. The van der Waals surface area contributed by atoms with Crippen LogP contribution < -0.4 is 14.2 Å². The van der Waals surface area contributed by atoms with Gasteiger partial charge in [-0.3, -0.25) is 4.79 Å². The van der Waals surface area contributed by atoms with E-state index < -0.39 is 0 Å². The van der Waals surface area contributed by atoms with Gasteiger partial charge in [0.15, 0.2) is 5.76 Å². The van der Waals surface area contributed by atoms with Gasteiger partial charge >= 0.3 is 0 Å². The number of benzene rings is 3. The van der Waals surface area contributed by atoms with Gasteiger partial charge in [-0.05, 0) is 53.6 Å². The summed E-state index contributed by atoms with van der Waals surface area (Å²) in [7, 11) is 1.60. The molecule has 1 heterocycles. The van der Waals surface area contributed by atoms with Gasteiger partial charge in [0.25, 0.3) is 0 Å². The van der Waals surface area contributed by atoms with Gasteiger partial charge in [-0.2, -0.15) is 0 Å². The minimum absolute atomic E-state index is 0.154. The largest absolute Gasteiger partial charge is 0.497 e. The molecule has 0 aromatic heterocycles. The molecule has 0 saturated heterocycles. The number of Topliss-reactive ketones (excluding diaryl/α,β-unsaturated/α-hetero) is 1. The number of ether oxygens (including phenoxy) is 3. The van der Waals surface area contributed by atoms with Gasteiger partial charge in [0, 0.05) is 11.1 Å². The molecule has 1 aliphatic rings. The molecule has 3 aromatic carbocycles. The Balaban J connectivity index is 1.51. The van der Waals surface area contributed by atoms with Crippen LogP contribution in [0.5, 0.6) is 17.2 Å². The summed E-state index contributed by atoms with van der Waals surface area (Å²) in [4.78, 5) is 12.6. The summed E-state index contributed by atoms with van der Waals surface area (Å²) in [5, 5.41) is 0.663. The molecular formula is C23H17ClO4. The van der Waals surface area contributed by atoms with Crippen LogP contribution in [0.2, 0.25) is 5.02 Å². The van der Waals surface area contributed by atoms with Gasteiger partial charge in [0.2, 0.25) is 5.78 Å². The molecule has 0 fully saturated rings. The molecule has 0 radical (unpaired) electrons. The summed E-state index contributed by atoms with van der Waals surface area (Å²) in [6.07, 6.45) is 1.71. The molecule has 0 spiro atoms. The third-order valence-electron chi connectivity index (χ3n) is 4.33. The van der Waals surface area contributed by atoms with E-state index in [0.717, 1.165) is 11.1 Å². The Hall–Kier alpha value is -3.24. The zero-order chi connectivity index (χ0) is 19.5. The molecule has 28 heavy (non-hydrogen) atoms. The molecule has 0 amide bonds. The van der Waals surface area contributed by atoms with E-state index in [1.54, 1.807) is 31.4 Å². The summed E-state index contributed by atoms with van der Waals surface area (Å²) in [5.41, 5.74) is 2.31. The second-order valence-corrected chi connectivity index (χ2v) is 6.73. The molecular weight excluding hydrogens is 376 g/mol. The molecule has 4 rings (SSSR count). The third-order valence-corrected chi connectivity index (χ3v) is 4.56. The maximum Gasteiger partial charge on any atom is 0.231 e. The van der Waals surface area contributed by atoms with Crippen molar-refractivity contribution in [3.63, 3.8) is 0 Å². The van der Waals surface area contributed by atoms with E-state index in [1.165, 1.54) is 0 Å². The summed E-state index contributed by atoms with van der Waals surface area (Å²) >= 11 is 5.99. The SMILES string of the molecule is COc1cccc(C=C2Oc3cc(OCc4cccc(Cl)c4)ccc3C2=O)c1. The molecule has 140 valence electrons. The molecule has 0 N–H and O–H groups in total. The highest BCUT2D eigenvalue weighted by atomic mass is 35.5. The number of ketones is 1. The van der Waals surface area contributed by atoms with Crippen molar-refractivity contribution in [3.05, 3.63) is 94.2 Å². The van der Waals surface area contributed by atoms with Crippen LogP contribution in [-0.4, -0.2) is 12.9 Å². The smallest absolute Gasteiger partial charge is 0.231 e. The molecule has 0 unspecified atom stereocenters. The summed E-state index contributed by atoms with van der Waals surface area (Å²) in [6.45, 7) is 0.375. The van der Waals surface area contributed by atoms with Crippen molar-refractivity contribution in [2.24, 2.45) is 0 Å². The van der Waals surface area contributed by atoms with E-state index in [9.17, 15) is 4.79 Å². The number of hydrogen-bond donors (Lipinski definition) is 0. The molecule has 0 atom stereocenters. The number of hydrogen-bond acceptors (Lipinski definition) is 4. The lowest BCUT2D eigenvalue weighted by Gasteiger charge is -2.07. The Morgan fingerprint density at radius 2 is 1.86 bits per heavy atom. The quantitative estimate of drug-likeness (QED) is 0.534. The molecule has 0 saturated carbocycles. The van der Waals surface area contributed by atoms with Crippen molar-refractivity contribution in [1.29, 1.82) is 0 Å². The number of fused-ring (bicyclic) bond motifs is 1. The van der Waals surface area contributed by atoms with Crippen molar-refractivity contribution < 1.29 is 19.0 Å².